The molecular weight excluding hydrogens is 951 g/mol. The average molecular weight is 996 g/mol. The van der Waals surface area contributed by atoms with E-state index >= 15 is 0 Å². The van der Waals surface area contributed by atoms with Crippen molar-refractivity contribution in [2.45, 2.75) is 20.6 Å². The number of benzene rings is 13. The lowest BCUT2D eigenvalue weighted by Crippen LogP contribution is -2.32. The standard InChI is InChI=1S/C74H45NOS/c1-2-20-52-50(18-1)51-19-3-4-21-53(51)57-44-47(38-42-54(52)57)46-36-39-48(40-37-46)75(49-41-43-61-58(45-49)55-22-5-7-24-59(55)73(61)62-26-9-13-32-68(62)76-69-33-14-10-27-63(69)73)67-31-17-30-66-72(67)56-23-6-8-25-60(56)74(66)64-28-11-15-34-70(64)77-71-35-16-12-29-65(71)74/h1-45H. The Morgan fingerprint density at radius 2 is 0.740 bits per heavy atom. The van der Waals surface area contributed by atoms with Gasteiger partial charge in [-0.2, -0.15) is 0 Å². The fourth-order valence-corrected chi connectivity index (χ4v) is 15.6. The molecular formula is C74H45NOS. The second-order valence-electron chi connectivity index (χ2n) is 20.9. The molecule has 0 aromatic heterocycles. The van der Waals surface area contributed by atoms with E-state index < -0.39 is 10.8 Å². The molecule has 2 spiro atoms. The second kappa shape index (κ2) is 16.1. The van der Waals surface area contributed by atoms with Crippen LogP contribution in [0.3, 0.4) is 0 Å². The third-order valence-corrected chi connectivity index (χ3v) is 18.5. The Labute approximate surface area is 451 Å². The Morgan fingerprint density at radius 3 is 1.39 bits per heavy atom. The molecule has 13 aromatic carbocycles. The van der Waals surface area contributed by atoms with Crippen molar-refractivity contribution in [2.75, 3.05) is 4.90 Å². The van der Waals surface area contributed by atoms with E-state index in [4.69, 9.17) is 4.74 Å². The summed E-state index contributed by atoms with van der Waals surface area (Å²) in [6, 6.07) is 102. The van der Waals surface area contributed by atoms with Crippen molar-refractivity contribution >= 4 is 61.1 Å². The summed E-state index contributed by atoms with van der Waals surface area (Å²) >= 11 is 1.89. The van der Waals surface area contributed by atoms with E-state index in [9.17, 15) is 0 Å². The fraction of sp³-hybridized carbons (Fsp3) is 0.0270. The number of ether oxygens (including phenoxy) is 1. The van der Waals surface area contributed by atoms with Crippen LogP contribution < -0.4 is 9.64 Å². The topological polar surface area (TPSA) is 12.5 Å². The summed E-state index contributed by atoms with van der Waals surface area (Å²) in [5, 5.41) is 7.67. The van der Waals surface area contributed by atoms with Crippen molar-refractivity contribution < 1.29 is 4.74 Å². The molecule has 3 heteroatoms. The quantitative estimate of drug-likeness (QED) is 0.163. The lowest BCUT2D eigenvalue weighted by atomic mass is 9.66. The molecule has 358 valence electrons. The van der Waals surface area contributed by atoms with Gasteiger partial charge >= 0.3 is 0 Å². The lowest BCUT2D eigenvalue weighted by Gasteiger charge is -2.40. The van der Waals surface area contributed by atoms with E-state index in [2.05, 4.69) is 278 Å². The second-order valence-corrected chi connectivity index (χ2v) is 22.0. The van der Waals surface area contributed by atoms with E-state index in [-0.39, 0.29) is 0 Å². The first-order chi connectivity index (χ1) is 38.2. The molecule has 77 heavy (non-hydrogen) atoms. The van der Waals surface area contributed by atoms with Crippen LogP contribution in [0.5, 0.6) is 11.5 Å². The van der Waals surface area contributed by atoms with Crippen molar-refractivity contribution in [1.82, 2.24) is 0 Å². The first kappa shape index (κ1) is 42.9. The minimum Gasteiger partial charge on any atom is -0.457 e. The zero-order valence-corrected chi connectivity index (χ0v) is 42.6. The summed E-state index contributed by atoms with van der Waals surface area (Å²) in [6.07, 6.45) is 0. The minimum atomic E-state index is -0.571. The van der Waals surface area contributed by atoms with Gasteiger partial charge in [0.05, 0.1) is 16.5 Å². The van der Waals surface area contributed by atoms with Gasteiger partial charge in [-0.05, 0) is 154 Å². The van der Waals surface area contributed by atoms with Crippen LogP contribution in [-0.4, -0.2) is 0 Å². The molecule has 0 fully saturated rings. The maximum atomic E-state index is 6.72. The van der Waals surface area contributed by atoms with Gasteiger partial charge < -0.3 is 9.64 Å². The summed E-state index contributed by atoms with van der Waals surface area (Å²) in [6.45, 7) is 0. The van der Waals surface area contributed by atoms with Crippen molar-refractivity contribution in [3.8, 4) is 44.9 Å². The van der Waals surface area contributed by atoms with E-state index in [1.807, 2.05) is 11.8 Å². The zero-order chi connectivity index (χ0) is 50.4. The molecule has 0 bridgehead atoms. The first-order valence-electron chi connectivity index (χ1n) is 26.6. The molecule has 0 saturated carbocycles. The Balaban J connectivity index is 0.908. The van der Waals surface area contributed by atoms with E-state index in [1.54, 1.807) is 0 Å². The maximum Gasteiger partial charge on any atom is 0.132 e. The Kier molecular flexibility index (Phi) is 8.94. The smallest absolute Gasteiger partial charge is 0.132 e. The third kappa shape index (κ3) is 5.71. The van der Waals surface area contributed by atoms with Crippen molar-refractivity contribution in [1.29, 1.82) is 0 Å². The average Bonchev–Trinajstić information content (AvgIpc) is 4.21. The van der Waals surface area contributed by atoms with Gasteiger partial charge in [0.2, 0.25) is 0 Å². The molecule has 4 aliphatic rings. The molecule has 0 radical (unpaired) electrons. The molecule has 0 amide bonds. The minimum absolute atomic E-state index is 0.519. The number of para-hydroxylation sites is 2. The van der Waals surface area contributed by atoms with Gasteiger partial charge in [-0.3, -0.25) is 0 Å². The van der Waals surface area contributed by atoms with Crippen LogP contribution in [0, 0.1) is 0 Å². The van der Waals surface area contributed by atoms with Crippen LogP contribution >= 0.6 is 11.8 Å². The summed E-state index contributed by atoms with van der Waals surface area (Å²) < 4.78 is 6.72. The van der Waals surface area contributed by atoms with Crippen molar-refractivity contribution in [2.24, 2.45) is 0 Å². The molecule has 2 aliphatic heterocycles. The van der Waals surface area contributed by atoms with Crippen LogP contribution in [0.15, 0.2) is 283 Å². The molecule has 17 rings (SSSR count). The number of nitrogens with zero attached hydrogens (tertiary/aromatic N) is 1. The van der Waals surface area contributed by atoms with Gasteiger partial charge in [-0.25, -0.2) is 0 Å². The number of fused-ring (bicyclic) bond motifs is 24. The van der Waals surface area contributed by atoms with Crippen LogP contribution in [0.1, 0.15) is 44.5 Å². The van der Waals surface area contributed by atoms with Crippen LogP contribution in [-0.2, 0) is 10.8 Å². The molecule has 2 aliphatic carbocycles. The number of anilines is 3. The molecule has 2 heterocycles. The summed E-state index contributed by atoms with van der Waals surface area (Å²) in [5.41, 5.74) is 19.7. The SMILES string of the molecule is c1ccc2c(c1)Oc1ccccc1C21c2ccccc2-c2cc(N(c3ccc(-c4ccc5c6ccccc6c6ccccc6c5c4)cc3)c3cccc4c3-c3ccccc3C43c4ccccc4Sc4ccccc43)ccc21. The lowest BCUT2D eigenvalue weighted by molar-refractivity contribution is 0.436. The van der Waals surface area contributed by atoms with Crippen LogP contribution in [0.4, 0.5) is 17.1 Å². The van der Waals surface area contributed by atoms with Crippen molar-refractivity contribution in [3.05, 3.63) is 317 Å². The van der Waals surface area contributed by atoms with Crippen molar-refractivity contribution in [3.63, 3.8) is 0 Å². The number of hydrogen-bond donors (Lipinski definition) is 0. The monoisotopic (exact) mass is 995 g/mol. The van der Waals surface area contributed by atoms with E-state index in [0.717, 1.165) is 39.7 Å². The summed E-state index contributed by atoms with van der Waals surface area (Å²) in [7, 11) is 0. The highest BCUT2D eigenvalue weighted by Gasteiger charge is 2.53. The largest absolute Gasteiger partial charge is 0.457 e. The molecule has 2 nitrogen and oxygen atoms in total. The normalized spacial score (nSPS) is 14.2. The predicted molar refractivity (Wildman–Crippen MR) is 318 cm³/mol. The Morgan fingerprint density at radius 1 is 0.286 bits per heavy atom. The van der Waals surface area contributed by atoms with E-state index in [1.165, 1.54) is 109 Å². The molecule has 0 saturated heterocycles. The van der Waals surface area contributed by atoms with Gasteiger partial charge in [0.1, 0.15) is 11.5 Å². The number of rotatable bonds is 4. The molecule has 0 atom stereocenters. The van der Waals surface area contributed by atoms with Crippen LogP contribution in [0.2, 0.25) is 0 Å². The van der Waals surface area contributed by atoms with E-state index in [0.29, 0.717) is 0 Å². The van der Waals surface area contributed by atoms with Gasteiger partial charge in [0.25, 0.3) is 0 Å². The predicted octanol–water partition coefficient (Wildman–Crippen LogP) is 19.6. The maximum absolute atomic E-state index is 6.72. The van der Waals surface area contributed by atoms with Gasteiger partial charge in [-0.1, -0.05) is 224 Å². The highest BCUT2D eigenvalue weighted by Crippen LogP contribution is 2.66. The summed E-state index contributed by atoms with van der Waals surface area (Å²) in [4.78, 5) is 5.13. The third-order valence-electron chi connectivity index (χ3n) is 17.4. The zero-order valence-electron chi connectivity index (χ0n) is 41.7. The first-order valence-corrected chi connectivity index (χ1v) is 27.5. The van der Waals surface area contributed by atoms with Gasteiger partial charge in [0, 0.05) is 37.9 Å². The fourth-order valence-electron chi connectivity index (χ4n) is 14.4. The highest BCUT2D eigenvalue weighted by molar-refractivity contribution is 7.99. The molecule has 0 N–H and O–H groups in total. The van der Waals surface area contributed by atoms with Gasteiger partial charge in [0.15, 0.2) is 0 Å². The molecule has 0 unspecified atom stereocenters. The number of hydrogen-bond acceptors (Lipinski definition) is 3. The Hall–Kier alpha value is -9.41. The molecule has 13 aromatic rings. The highest BCUT2D eigenvalue weighted by atomic mass is 32.2. The Bertz CT molecular complexity index is 4540. The van der Waals surface area contributed by atoms with Gasteiger partial charge in [-0.15, -0.1) is 0 Å². The summed E-state index contributed by atoms with van der Waals surface area (Å²) in [5.74, 6) is 1.79. The van der Waals surface area contributed by atoms with Crippen LogP contribution in [0.25, 0.3) is 65.7 Å².